The van der Waals surface area contributed by atoms with Gasteiger partial charge in [-0.15, -0.1) is 0 Å². The first-order valence-corrected chi connectivity index (χ1v) is 6.97. The molecule has 112 valence electrons. The molecule has 0 amide bonds. The summed E-state index contributed by atoms with van der Waals surface area (Å²) in [6, 6.07) is 5.99. The molecule has 0 aromatic carbocycles. The summed E-state index contributed by atoms with van der Waals surface area (Å²) in [5, 5.41) is 0.277. The van der Waals surface area contributed by atoms with Gasteiger partial charge in [-0.1, -0.05) is 11.3 Å². The second-order valence-electron chi connectivity index (χ2n) is 4.40. The van der Waals surface area contributed by atoms with Crippen molar-refractivity contribution in [2.24, 2.45) is 0 Å². The summed E-state index contributed by atoms with van der Waals surface area (Å²) >= 11 is 1.13. The zero-order chi connectivity index (χ0) is 15.7. The third-order valence-corrected chi connectivity index (χ3v) is 3.82. The number of pyridine rings is 2. The number of rotatable bonds is 2. The summed E-state index contributed by atoms with van der Waals surface area (Å²) in [7, 11) is 0. The first-order valence-electron chi connectivity index (χ1n) is 6.15. The molecule has 0 spiro atoms. The van der Waals surface area contributed by atoms with Gasteiger partial charge in [-0.2, -0.15) is 13.2 Å². The second-order valence-corrected chi connectivity index (χ2v) is 5.43. The maximum absolute atomic E-state index is 12.8. The van der Waals surface area contributed by atoms with E-state index >= 15 is 0 Å². The van der Waals surface area contributed by atoms with E-state index in [1.807, 2.05) is 0 Å². The first kappa shape index (κ1) is 14.5. The molecule has 2 N–H and O–H groups in total. The van der Waals surface area contributed by atoms with Crippen LogP contribution in [0.2, 0.25) is 0 Å². The molecule has 22 heavy (non-hydrogen) atoms. The quantitative estimate of drug-likeness (QED) is 0.778. The van der Waals surface area contributed by atoms with Crippen LogP contribution in [0.25, 0.3) is 21.7 Å². The Kier molecular flexibility index (Phi) is 3.53. The van der Waals surface area contributed by atoms with Crippen LogP contribution < -0.4 is 5.73 Å². The van der Waals surface area contributed by atoms with Crippen molar-refractivity contribution in [3.05, 3.63) is 48.5 Å². The molecule has 0 unspecified atom stereocenters. The van der Waals surface area contributed by atoms with Crippen molar-refractivity contribution in [3.63, 3.8) is 0 Å². The SMILES string of the molecule is Nc1nc(-c2cccnc2)c(-c2ccnc(C(F)(F)F)c2)s1. The van der Waals surface area contributed by atoms with E-state index in [9.17, 15) is 13.2 Å². The van der Waals surface area contributed by atoms with Gasteiger partial charge in [-0.25, -0.2) is 4.98 Å². The van der Waals surface area contributed by atoms with Crippen LogP contribution in [-0.2, 0) is 6.18 Å². The average Bonchev–Trinajstić information content (AvgIpc) is 2.89. The highest BCUT2D eigenvalue weighted by Gasteiger charge is 2.32. The summed E-state index contributed by atoms with van der Waals surface area (Å²) in [5.74, 6) is 0. The summed E-state index contributed by atoms with van der Waals surface area (Å²) in [6.45, 7) is 0. The van der Waals surface area contributed by atoms with Gasteiger partial charge in [0.1, 0.15) is 5.69 Å². The molecule has 3 heterocycles. The predicted molar refractivity (Wildman–Crippen MR) is 78.0 cm³/mol. The number of nitrogens with zero attached hydrogens (tertiary/aromatic N) is 3. The van der Waals surface area contributed by atoms with Gasteiger partial charge in [0.25, 0.3) is 0 Å². The number of aromatic nitrogens is 3. The zero-order valence-electron chi connectivity index (χ0n) is 11.0. The molecule has 4 nitrogen and oxygen atoms in total. The molecule has 3 aromatic heterocycles. The summed E-state index contributed by atoms with van der Waals surface area (Å²) in [5.41, 5.74) is 6.35. The van der Waals surface area contributed by atoms with E-state index in [0.717, 1.165) is 23.6 Å². The van der Waals surface area contributed by atoms with Gasteiger partial charge in [0.05, 0.1) is 10.6 Å². The molecule has 0 atom stereocenters. The van der Waals surface area contributed by atoms with Gasteiger partial charge in [0.2, 0.25) is 0 Å². The standard InChI is InChI=1S/C14H9F3N4S/c15-14(16,17)10-6-8(3-5-20-10)12-11(21-13(18)22-12)9-2-1-4-19-7-9/h1-7H,(H2,18,21). The Hall–Kier alpha value is -2.48. The highest BCUT2D eigenvalue weighted by molar-refractivity contribution is 7.19. The maximum atomic E-state index is 12.8. The fourth-order valence-electron chi connectivity index (χ4n) is 1.96. The number of nitrogens with two attached hydrogens (primary N) is 1. The monoisotopic (exact) mass is 322 g/mol. The van der Waals surface area contributed by atoms with E-state index < -0.39 is 11.9 Å². The molecule has 0 aliphatic rings. The zero-order valence-corrected chi connectivity index (χ0v) is 11.8. The third-order valence-electron chi connectivity index (χ3n) is 2.89. The lowest BCUT2D eigenvalue weighted by Gasteiger charge is -2.07. The summed E-state index contributed by atoms with van der Waals surface area (Å²) in [6.07, 6.45) is -0.182. The number of halogens is 3. The van der Waals surface area contributed by atoms with Crippen molar-refractivity contribution in [3.8, 4) is 21.7 Å². The van der Waals surface area contributed by atoms with Crippen LogP contribution in [-0.4, -0.2) is 15.0 Å². The Balaban J connectivity index is 2.14. The van der Waals surface area contributed by atoms with Crippen LogP contribution >= 0.6 is 11.3 Å². The van der Waals surface area contributed by atoms with Crippen LogP contribution in [0.3, 0.4) is 0 Å². The summed E-state index contributed by atoms with van der Waals surface area (Å²) in [4.78, 5) is 12.1. The molecule has 0 radical (unpaired) electrons. The van der Waals surface area contributed by atoms with Crippen LogP contribution in [0.15, 0.2) is 42.9 Å². The number of hydrogen-bond donors (Lipinski definition) is 1. The molecular weight excluding hydrogens is 313 g/mol. The minimum Gasteiger partial charge on any atom is -0.375 e. The highest BCUT2D eigenvalue weighted by Crippen LogP contribution is 2.39. The third kappa shape index (κ3) is 2.77. The minimum atomic E-state index is -4.50. The van der Waals surface area contributed by atoms with Crippen LogP contribution in [0.4, 0.5) is 18.3 Å². The number of nitrogen functional groups attached to an aromatic ring is 1. The van der Waals surface area contributed by atoms with E-state index in [4.69, 9.17) is 5.73 Å². The molecule has 0 saturated carbocycles. The summed E-state index contributed by atoms with van der Waals surface area (Å²) < 4.78 is 38.4. The van der Waals surface area contributed by atoms with Crippen molar-refractivity contribution >= 4 is 16.5 Å². The lowest BCUT2D eigenvalue weighted by atomic mass is 10.1. The first-order chi connectivity index (χ1) is 10.4. The van der Waals surface area contributed by atoms with Crippen LogP contribution in [0.5, 0.6) is 0 Å². The number of thiazole rings is 1. The van der Waals surface area contributed by atoms with Crippen molar-refractivity contribution in [2.75, 3.05) is 5.73 Å². The molecular formula is C14H9F3N4S. The molecule has 0 saturated heterocycles. The molecule has 8 heteroatoms. The highest BCUT2D eigenvalue weighted by atomic mass is 32.1. The Labute approximate surface area is 127 Å². The van der Waals surface area contributed by atoms with Crippen molar-refractivity contribution in [1.29, 1.82) is 0 Å². The topological polar surface area (TPSA) is 64.7 Å². The van der Waals surface area contributed by atoms with E-state index in [1.54, 1.807) is 24.5 Å². The normalized spacial score (nSPS) is 11.6. The number of hydrogen-bond acceptors (Lipinski definition) is 5. The molecule has 0 aliphatic heterocycles. The maximum Gasteiger partial charge on any atom is 0.433 e. The fourth-order valence-corrected chi connectivity index (χ4v) is 2.81. The van der Waals surface area contributed by atoms with E-state index in [0.29, 0.717) is 21.7 Å². The Bertz CT molecular complexity index is 799. The van der Waals surface area contributed by atoms with E-state index in [1.165, 1.54) is 6.07 Å². The largest absolute Gasteiger partial charge is 0.433 e. The lowest BCUT2D eigenvalue weighted by molar-refractivity contribution is -0.141. The van der Waals surface area contributed by atoms with Gasteiger partial charge in [-0.3, -0.25) is 9.97 Å². The van der Waals surface area contributed by atoms with Crippen LogP contribution in [0.1, 0.15) is 5.69 Å². The van der Waals surface area contributed by atoms with Crippen molar-refractivity contribution < 1.29 is 13.2 Å². The van der Waals surface area contributed by atoms with E-state index in [2.05, 4.69) is 15.0 Å². The number of anilines is 1. The minimum absolute atomic E-state index is 0.277. The molecule has 3 rings (SSSR count). The molecule has 3 aromatic rings. The van der Waals surface area contributed by atoms with Gasteiger partial charge in [0.15, 0.2) is 5.13 Å². The smallest absolute Gasteiger partial charge is 0.375 e. The van der Waals surface area contributed by atoms with Gasteiger partial charge >= 0.3 is 6.18 Å². The molecule has 0 aliphatic carbocycles. The Morgan fingerprint density at radius 2 is 1.91 bits per heavy atom. The molecule has 0 fully saturated rings. The Morgan fingerprint density at radius 1 is 1.09 bits per heavy atom. The van der Waals surface area contributed by atoms with Gasteiger partial charge < -0.3 is 5.73 Å². The predicted octanol–water partition coefficient (Wildman–Crippen LogP) is 3.87. The second kappa shape index (κ2) is 5.38. The van der Waals surface area contributed by atoms with E-state index in [-0.39, 0.29) is 5.13 Å². The number of alkyl halides is 3. The Morgan fingerprint density at radius 3 is 2.59 bits per heavy atom. The van der Waals surface area contributed by atoms with Gasteiger partial charge in [0, 0.05) is 24.2 Å². The van der Waals surface area contributed by atoms with Gasteiger partial charge in [-0.05, 0) is 29.8 Å². The van der Waals surface area contributed by atoms with Crippen molar-refractivity contribution in [1.82, 2.24) is 15.0 Å². The van der Waals surface area contributed by atoms with Crippen molar-refractivity contribution in [2.45, 2.75) is 6.18 Å². The van der Waals surface area contributed by atoms with Crippen LogP contribution in [0, 0.1) is 0 Å². The lowest BCUT2D eigenvalue weighted by Crippen LogP contribution is -2.07. The fraction of sp³-hybridized carbons (Fsp3) is 0.0714. The molecule has 0 bridgehead atoms. The average molecular weight is 322 g/mol.